The Labute approximate surface area is 201 Å². The van der Waals surface area contributed by atoms with Gasteiger partial charge in [0.1, 0.15) is 5.75 Å². The van der Waals surface area contributed by atoms with Crippen molar-refractivity contribution in [3.63, 3.8) is 0 Å². The summed E-state index contributed by atoms with van der Waals surface area (Å²) in [7, 11) is -0.898. The molecule has 0 aromatic heterocycles. The third-order valence-electron chi connectivity index (χ3n) is 6.58. The summed E-state index contributed by atoms with van der Waals surface area (Å²) in [5, 5.41) is 0. The molecule has 1 aliphatic heterocycles. The molecule has 1 amide bonds. The molecule has 1 aliphatic rings. The zero-order chi connectivity index (χ0) is 24.3. The van der Waals surface area contributed by atoms with E-state index in [9.17, 15) is 13.2 Å². The number of ether oxygens (including phenoxy) is 1. The van der Waals surface area contributed by atoms with Crippen molar-refractivity contribution >= 4 is 21.6 Å². The minimum absolute atomic E-state index is 0.0778. The maximum absolute atomic E-state index is 13.4. The maximum atomic E-state index is 13.4. The van der Waals surface area contributed by atoms with Crippen LogP contribution in [0.3, 0.4) is 0 Å². The average Bonchev–Trinajstić information content (AvgIpc) is 2.88. The average molecular weight is 479 g/mol. The lowest BCUT2D eigenvalue weighted by Crippen LogP contribution is -2.38. The number of carbonyl (C=O) groups excluding carboxylic acids is 1. The second-order valence-corrected chi connectivity index (χ2v) is 10.6. The number of para-hydroxylation sites is 2. The summed E-state index contributed by atoms with van der Waals surface area (Å²) in [6.07, 6.45) is 1.78. The van der Waals surface area contributed by atoms with Gasteiger partial charge in [-0.1, -0.05) is 48.5 Å². The summed E-state index contributed by atoms with van der Waals surface area (Å²) in [6, 6.07) is 22.1. The number of likely N-dealkylation sites (tertiary alicyclic amines) is 1. The number of carbonyl (C=O) groups is 1. The van der Waals surface area contributed by atoms with E-state index in [-0.39, 0.29) is 10.8 Å². The van der Waals surface area contributed by atoms with E-state index in [1.807, 2.05) is 30.0 Å². The van der Waals surface area contributed by atoms with Gasteiger partial charge in [-0.15, -0.1) is 0 Å². The minimum atomic E-state index is -3.89. The predicted octanol–water partition coefficient (Wildman–Crippen LogP) is 4.85. The van der Waals surface area contributed by atoms with Crippen molar-refractivity contribution in [2.24, 2.45) is 0 Å². The van der Waals surface area contributed by atoms with Crippen molar-refractivity contribution in [3.8, 4) is 5.75 Å². The molecule has 6 nitrogen and oxygen atoms in total. The number of hydrogen-bond acceptors (Lipinski definition) is 4. The van der Waals surface area contributed by atoms with E-state index in [1.165, 1.54) is 30.1 Å². The Morgan fingerprint density at radius 2 is 1.62 bits per heavy atom. The normalized spacial score (nSPS) is 14.6. The Hall–Kier alpha value is -3.32. The van der Waals surface area contributed by atoms with Crippen LogP contribution in [0, 0.1) is 6.92 Å². The molecule has 7 heteroatoms. The van der Waals surface area contributed by atoms with E-state index < -0.39 is 10.0 Å². The van der Waals surface area contributed by atoms with E-state index in [1.54, 1.807) is 36.4 Å². The van der Waals surface area contributed by atoms with Crippen LogP contribution in [0.5, 0.6) is 5.75 Å². The molecule has 0 saturated carbocycles. The number of anilines is 1. The SMILES string of the molecule is COc1ccccc1N(C)S(=O)(=O)c1ccc(C)c(C(=O)N2CCC(c3ccccc3)CC2)c1. The number of amides is 1. The van der Waals surface area contributed by atoms with Crippen LogP contribution in [0.25, 0.3) is 0 Å². The van der Waals surface area contributed by atoms with E-state index in [2.05, 4.69) is 12.1 Å². The van der Waals surface area contributed by atoms with Gasteiger partial charge in [0.05, 0.1) is 17.7 Å². The van der Waals surface area contributed by atoms with Gasteiger partial charge < -0.3 is 9.64 Å². The van der Waals surface area contributed by atoms with Gasteiger partial charge >= 0.3 is 0 Å². The first-order valence-corrected chi connectivity index (χ1v) is 12.8. The van der Waals surface area contributed by atoms with Gasteiger partial charge in [0.2, 0.25) is 0 Å². The van der Waals surface area contributed by atoms with Gasteiger partial charge in [-0.25, -0.2) is 8.42 Å². The molecule has 0 unspecified atom stereocenters. The van der Waals surface area contributed by atoms with Crippen molar-refractivity contribution in [3.05, 3.63) is 89.5 Å². The van der Waals surface area contributed by atoms with Crippen molar-refractivity contribution in [2.75, 3.05) is 31.6 Å². The predicted molar refractivity (Wildman–Crippen MR) is 134 cm³/mol. The lowest BCUT2D eigenvalue weighted by Gasteiger charge is -2.32. The van der Waals surface area contributed by atoms with Gasteiger partial charge in [-0.05, 0) is 61.1 Å². The molecule has 3 aromatic carbocycles. The molecule has 34 heavy (non-hydrogen) atoms. The molecule has 3 aromatic rings. The highest BCUT2D eigenvalue weighted by Crippen LogP contribution is 2.32. The largest absolute Gasteiger partial charge is 0.495 e. The lowest BCUT2D eigenvalue weighted by molar-refractivity contribution is 0.0712. The molecule has 1 heterocycles. The quantitative estimate of drug-likeness (QED) is 0.508. The minimum Gasteiger partial charge on any atom is -0.495 e. The zero-order valence-electron chi connectivity index (χ0n) is 19.8. The first-order valence-electron chi connectivity index (χ1n) is 11.4. The molecule has 0 radical (unpaired) electrons. The fourth-order valence-corrected chi connectivity index (χ4v) is 5.71. The Morgan fingerprint density at radius 1 is 0.971 bits per heavy atom. The topological polar surface area (TPSA) is 66.9 Å². The van der Waals surface area contributed by atoms with Crippen LogP contribution in [-0.2, 0) is 10.0 Å². The number of methoxy groups -OCH3 is 1. The van der Waals surface area contributed by atoms with Crippen molar-refractivity contribution < 1.29 is 17.9 Å². The first-order chi connectivity index (χ1) is 16.3. The Balaban J connectivity index is 1.55. The molecule has 1 fully saturated rings. The Kier molecular flexibility index (Phi) is 6.93. The zero-order valence-corrected chi connectivity index (χ0v) is 20.6. The molecular weight excluding hydrogens is 448 g/mol. The highest BCUT2D eigenvalue weighted by atomic mass is 32.2. The van der Waals surface area contributed by atoms with Crippen LogP contribution in [-0.4, -0.2) is 46.5 Å². The van der Waals surface area contributed by atoms with Crippen molar-refractivity contribution in [2.45, 2.75) is 30.6 Å². The number of sulfonamides is 1. The van der Waals surface area contributed by atoms with Crippen LogP contribution in [0.4, 0.5) is 5.69 Å². The molecule has 1 saturated heterocycles. The monoisotopic (exact) mass is 478 g/mol. The van der Waals surface area contributed by atoms with E-state index in [4.69, 9.17) is 4.74 Å². The molecule has 0 atom stereocenters. The lowest BCUT2D eigenvalue weighted by atomic mass is 9.89. The van der Waals surface area contributed by atoms with Crippen LogP contribution >= 0.6 is 0 Å². The van der Waals surface area contributed by atoms with Crippen LogP contribution < -0.4 is 9.04 Å². The fraction of sp³-hybridized carbons (Fsp3) is 0.296. The van der Waals surface area contributed by atoms with Gasteiger partial charge in [-0.3, -0.25) is 9.10 Å². The fourth-order valence-electron chi connectivity index (χ4n) is 4.48. The Bertz CT molecular complexity index is 1270. The molecule has 0 spiro atoms. The van der Waals surface area contributed by atoms with E-state index in [0.717, 1.165) is 18.4 Å². The smallest absolute Gasteiger partial charge is 0.264 e. The molecule has 178 valence electrons. The summed E-state index contributed by atoms with van der Waals surface area (Å²) in [5.41, 5.74) is 2.92. The summed E-state index contributed by atoms with van der Waals surface area (Å²) < 4.78 is 33.3. The molecular formula is C27H30N2O4S. The standard InChI is InChI=1S/C27H30N2O4S/c1-20-13-14-23(34(31,32)28(2)25-11-7-8-12-26(25)33-3)19-24(20)27(30)29-17-15-22(16-18-29)21-9-5-4-6-10-21/h4-14,19,22H,15-18H2,1-3H3. The third-order valence-corrected chi connectivity index (χ3v) is 8.34. The second-order valence-electron chi connectivity index (χ2n) is 8.60. The molecule has 0 bridgehead atoms. The molecule has 4 rings (SSSR count). The van der Waals surface area contributed by atoms with E-state index >= 15 is 0 Å². The van der Waals surface area contributed by atoms with Gasteiger partial charge in [0, 0.05) is 25.7 Å². The molecule has 0 aliphatic carbocycles. The highest BCUT2D eigenvalue weighted by molar-refractivity contribution is 7.92. The highest BCUT2D eigenvalue weighted by Gasteiger charge is 2.28. The summed E-state index contributed by atoms with van der Waals surface area (Å²) in [6.45, 7) is 3.14. The number of rotatable bonds is 6. The van der Waals surface area contributed by atoms with Gasteiger partial charge in [-0.2, -0.15) is 0 Å². The Morgan fingerprint density at radius 3 is 2.29 bits per heavy atom. The van der Waals surface area contributed by atoms with Crippen molar-refractivity contribution in [1.29, 1.82) is 0 Å². The third kappa shape index (κ3) is 4.66. The first kappa shape index (κ1) is 23.8. The number of aryl methyl sites for hydroxylation is 1. The summed E-state index contributed by atoms with van der Waals surface area (Å²) in [4.78, 5) is 15.3. The number of nitrogens with zero attached hydrogens (tertiary/aromatic N) is 2. The van der Waals surface area contributed by atoms with Gasteiger partial charge in [0.15, 0.2) is 0 Å². The molecule has 0 N–H and O–H groups in total. The summed E-state index contributed by atoms with van der Waals surface area (Å²) >= 11 is 0. The van der Waals surface area contributed by atoms with Crippen molar-refractivity contribution in [1.82, 2.24) is 4.90 Å². The van der Waals surface area contributed by atoms with Crippen LogP contribution in [0.2, 0.25) is 0 Å². The number of hydrogen-bond donors (Lipinski definition) is 0. The van der Waals surface area contributed by atoms with Gasteiger partial charge in [0.25, 0.3) is 15.9 Å². The number of piperidine rings is 1. The van der Waals surface area contributed by atoms with Crippen LogP contribution in [0.1, 0.15) is 40.2 Å². The van der Waals surface area contributed by atoms with E-state index in [0.29, 0.717) is 36.0 Å². The maximum Gasteiger partial charge on any atom is 0.264 e. The van der Waals surface area contributed by atoms with Crippen LogP contribution in [0.15, 0.2) is 77.7 Å². The second kappa shape index (κ2) is 9.89. The number of benzene rings is 3. The summed E-state index contributed by atoms with van der Waals surface area (Å²) in [5.74, 6) is 0.770.